The first kappa shape index (κ1) is 72.5. The largest absolute Gasteiger partial charge is 0.454 e. The number of rotatable bonds is 31. The van der Waals surface area contributed by atoms with Gasteiger partial charge in [-0.2, -0.15) is 0 Å². The Balaban J connectivity index is 0.996. The minimum Gasteiger partial charge on any atom is -0.454 e. The van der Waals surface area contributed by atoms with Crippen molar-refractivity contribution in [2.24, 2.45) is 28.0 Å². The maximum Gasteiger partial charge on any atom is 0.410 e. The second-order valence-corrected chi connectivity index (χ2v) is 24.3. The lowest BCUT2D eigenvalue weighted by molar-refractivity contribution is -0.365. The Morgan fingerprint density at radius 1 is 0.468 bits per heavy atom. The van der Waals surface area contributed by atoms with Gasteiger partial charge in [0.15, 0.2) is 48.9 Å². The van der Waals surface area contributed by atoms with E-state index in [1.54, 1.807) is 18.7 Å². The quantitative estimate of drug-likeness (QED) is 0.0113. The maximum absolute atomic E-state index is 14.2. The van der Waals surface area contributed by atoms with Crippen LogP contribution in [0.2, 0.25) is 0 Å². The zero-order chi connectivity index (χ0) is 67.3. The van der Waals surface area contributed by atoms with Gasteiger partial charge in [0.2, 0.25) is 0 Å². The first-order valence-corrected chi connectivity index (χ1v) is 32.4. The van der Waals surface area contributed by atoms with E-state index < -0.39 is 146 Å². The number of carbonyl (C=O) groups is 5. The molecule has 0 bridgehead atoms. The molecule has 25 heteroatoms. The van der Waals surface area contributed by atoms with E-state index in [1.165, 1.54) is 27.7 Å². The molecule has 25 nitrogen and oxygen atoms in total. The van der Waals surface area contributed by atoms with Crippen molar-refractivity contribution >= 4 is 29.6 Å². The van der Waals surface area contributed by atoms with Crippen molar-refractivity contribution in [3.8, 4) is 0 Å². The lowest BCUT2D eigenvalue weighted by atomic mass is 9.86. The predicted octanol–water partition coefficient (Wildman–Crippen LogP) is 11.4. The Morgan fingerprint density at radius 3 is 1.38 bits per heavy atom. The van der Waals surface area contributed by atoms with Crippen LogP contribution in [0.25, 0.3) is 20.9 Å². The van der Waals surface area contributed by atoms with Crippen molar-refractivity contribution in [3.05, 3.63) is 164 Å². The van der Waals surface area contributed by atoms with Crippen LogP contribution in [0.15, 0.2) is 132 Å². The number of carbonyl (C=O) groups excluding carboxylic acids is 5. The molecule has 94 heavy (non-hydrogen) atoms. The van der Waals surface area contributed by atoms with Crippen LogP contribution in [0.4, 0.5) is 4.79 Å². The number of Topliss-reactive ketones (excluding diaryl/α,β-unsaturated/α-hetero) is 2. The van der Waals surface area contributed by atoms with Gasteiger partial charge in [-0.05, 0) is 91.1 Å². The summed E-state index contributed by atoms with van der Waals surface area (Å²) in [6.45, 7) is 15.4. The molecule has 0 N–H and O–H groups in total. The van der Waals surface area contributed by atoms with Crippen LogP contribution in [-0.4, -0.2) is 152 Å². The Morgan fingerprint density at radius 2 is 0.904 bits per heavy atom. The molecule has 4 aliphatic heterocycles. The summed E-state index contributed by atoms with van der Waals surface area (Å²) in [4.78, 5) is 75.2. The molecule has 4 aromatic carbocycles. The maximum atomic E-state index is 14.2. The summed E-state index contributed by atoms with van der Waals surface area (Å²) in [6.07, 6.45) is -15.6. The van der Waals surface area contributed by atoms with Gasteiger partial charge in [0.25, 0.3) is 0 Å². The van der Waals surface area contributed by atoms with E-state index in [0.29, 0.717) is 44.3 Å². The number of ketones is 2. The van der Waals surface area contributed by atoms with E-state index >= 15 is 0 Å². The van der Waals surface area contributed by atoms with E-state index in [-0.39, 0.29) is 38.6 Å². The number of nitrogens with zero attached hydrogens (tertiary/aromatic N) is 7. The second-order valence-electron chi connectivity index (χ2n) is 24.3. The molecule has 0 aromatic heterocycles. The van der Waals surface area contributed by atoms with E-state index in [9.17, 15) is 35.0 Å². The molecule has 0 aliphatic carbocycles. The van der Waals surface area contributed by atoms with Crippen LogP contribution in [0, 0.1) is 17.8 Å². The highest BCUT2D eigenvalue weighted by molar-refractivity contribution is 5.82. The molecule has 1 amide bonds. The van der Waals surface area contributed by atoms with E-state index in [2.05, 4.69) is 20.1 Å². The van der Waals surface area contributed by atoms with E-state index in [4.69, 9.17) is 61.6 Å². The Hall–Kier alpha value is -7.35. The van der Waals surface area contributed by atoms with Gasteiger partial charge in [-0.15, -0.1) is 0 Å². The zero-order valence-electron chi connectivity index (χ0n) is 54.9. The van der Waals surface area contributed by atoms with Crippen LogP contribution in [0.1, 0.15) is 117 Å². The summed E-state index contributed by atoms with van der Waals surface area (Å²) >= 11 is 0. The molecule has 4 aliphatic rings. The van der Waals surface area contributed by atoms with Crippen LogP contribution >= 0.6 is 0 Å². The molecule has 4 heterocycles. The summed E-state index contributed by atoms with van der Waals surface area (Å²) < 4.78 is 84.3. The third-order valence-electron chi connectivity index (χ3n) is 17.4. The number of amides is 1. The van der Waals surface area contributed by atoms with Gasteiger partial charge in [-0.25, -0.2) is 4.79 Å². The highest BCUT2D eigenvalue weighted by atomic mass is 16.8. The fraction of sp³-hybridized carbons (Fsp3) is 0.580. The van der Waals surface area contributed by atoms with Gasteiger partial charge >= 0.3 is 18.0 Å². The van der Waals surface area contributed by atoms with Crippen molar-refractivity contribution < 1.29 is 85.6 Å². The van der Waals surface area contributed by atoms with Gasteiger partial charge in [-0.1, -0.05) is 166 Å². The fourth-order valence-electron chi connectivity index (χ4n) is 12.6. The number of azide groups is 2. The minimum absolute atomic E-state index is 0.0811. The Kier molecular flexibility index (Phi) is 27.7. The number of hydrogen-bond donors (Lipinski definition) is 0. The third-order valence-corrected chi connectivity index (χ3v) is 17.4. The molecular formula is C69H89N7O18. The SMILES string of the molecule is CCC1O[C@H](O[C@@H]2C(C(C)=O)O[C@@H](O[C@H]3C(C)C(N=[N+]=[N-])[C@@H](OCCCCCN(Cc4ccccc4)C(=O)OCc4ccccc4)O[C@H]3CC)C(OC(C)=O)C2OCc2ccccc2)[C@@H](N=[N+]=[N-])C(C)[C@@H]1O[C@@H]1OC(C(C)=O)[C@@H](C)[C@@H](OCc2ccccc2)C1OC(C)=O. The number of ether oxygens (including phenoxy) is 13. The summed E-state index contributed by atoms with van der Waals surface area (Å²) in [5, 5.41) is 8.34. The summed E-state index contributed by atoms with van der Waals surface area (Å²) in [6, 6.07) is 35.6. The molecule has 4 aromatic rings. The summed E-state index contributed by atoms with van der Waals surface area (Å²) in [7, 11) is 0. The van der Waals surface area contributed by atoms with Gasteiger partial charge < -0.3 is 66.5 Å². The van der Waals surface area contributed by atoms with Gasteiger partial charge in [0.05, 0.1) is 49.7 Å². The summed E-state index contributed by atoms with van der Waals surface area (Å²) in [5.74, 6) is -4.24. The van der Waals surface area contributed by atoms with Crippen LogP contribution < -0.4 is 0 Å². The molecule has 9 unspecified atom stereocenters. The second kappa shape index (κ2) is 36.0. The minimum atomic E-state index is -1.53. The smallest absolute Gasteiger partial charge is 0.410 e. The normalized spacial score (nSPS) is 30.7. The Labute approximate surface area is 548 Å². The number of esters is 2. The molecule has 508 valence electrons. The first-order chi connectivity index (χ1) is 45.4. The molecule has 0 spiro atoms. The van der Waals surface area contributed by atoms with Crippen LogP contribution in [0.5, 0.6) is 0 Å². The van der Waals surface area contributed by atoms with Crippen molar-refractivity contribution in [1.82, 2.24) is 4.90 Å². The average molecular weight is 1300 g/mol. The third kappa shape index (κ3) is 19.4. The van der Waals surface area contributed by atoms with Gasteiger partial charge in [0, 0.05) is 49.3 Å². The Bertz CT molecular complexity index is 3150. The molecule has 20 atom stereocenters. The lowest BCUT2D eigenvalue weighted by Gasteiger charge is -2.51. The summed E-state index contributed by atoms with van der Waals surface area (Å²) in [5.41, 5.74) is 23.6. The van der Waals surface area contributed by atoms with Gasteiger partial charge in [-0.3, -0.25) is 19.2 Å². The van der Waals surface area contributed by atoms with Crippen molar-refractivity contribution in [2.45, 2.75) is 225 Å². The molecule has 4 fully saturated rings. The molecular weight excluding hydrogens is 1210 g/mol. The van der Waals surface area contributed by atoms with E-state index in [0.717, 1.165) is 16.7 Å². The lowest BCUT2D eigenvalue weighted by Crippen LogP contribution is -2.66. The highest BCUT2D eigenvalue weighted by Crippen LogP contribution is 2.42. The van der Waals surface area contributed by atoms with Crippen LogP contribution in [0.3, 0.4) is 0 Å². The van der Waals surface area contributed by atoms with Crippen LogP contribution in [-0.2, 0) is 107 Å². The first-order valence-electron chi connectivity index (χ1n) is 32.4. The van der Waals surface area contributed by atoms with Gasteiger partial charge in [0.1, 0.15) is 37.1 Å². The zero-order valence-corrected chi connectivity index (χ0v) is 54.9. The topological polar surface area (TPSA) is 306 Å². The van der Waals surface area contributed by atoms with Crippen molar-refractivity contribution in [3.63, 3.8) is 0 Å². The molecule has 4 saturated heterocycles. The number of hydrogen-bond acceptors (Lipinski definition) is 20. The van der Waals surface area contributed by atoms with E-state index in [1.807, 2.05) is 142 Å². The average Bonchev–Trinajstić information content (AvgIpc) is 0.769. The molecule has 0 radical (unpaired) electrons. The van der Waals surface area contributed by atoms with Crippen molar-refractivity contribution in [1.29, 1.82) is 0 Å². The monoisotopic (exact) mass is 1300 g/mol. The standard InChI is InChI=1S/C69H89N7O18/c1-10-52-57(41(3)54(72-74-70)65(88-52)82-36-26-16-25-35-76(37-48-27-17-12-18-28-48)69(81)85-40-51-33-23-15-24-34-51)92-68-64(87-47(9)80)61(84-39-50-31-21-14-22-32-50)62(60(93-68)45(7)78)94-66-55(73-75-71)42(4)58(53(11-2)89-66)91-67-63(86-46(8)79)59(43(5)56(90-67)44(6)77)83-38-49-29-19-13-20-30-49/h12-15,17-24,27-34,41-43,52-68H,10-11,16,25-26,35-40H2,1-9H3/t41?,42?,43-,52+,53?,54?,55+,56?,57+,58+,59-,60?,61?,62-,63?,64?,65+,66-,67+,68-/m1/s1. The molecule has 0 saturated carbocycles. The number of benzene rings is 4. The number of unbranched alkanes of at least 4 members (excludes halogenated alkanes) is 2. The fourth-order valence-corrected chi connectivity index (χ4v) is 12.6. The molecule has 8 rings (SSSR count). The predicted molar refractivity (Wildman–Crippen MR) is 339 cm³/mol. The highest BCUT2D eigenvalue weighted by Gasteiger charge is 2.58. The van der Waals surface area contributed by atoms with Crippen molar-refractivity contribution in [2.75, 3.05) is 13.2 Å².